The van der Waals surface area contributed by atoms with Crippen molar-refractivity contribution in [3.05, 3.63) is 23.7 Å². The third-order valence-corrected chi connectivity index (χ3v) is 8.29. The van der Waals surface area contributed by atoms with Gasteiger partial charge in [-0.25, -0.2) is 0 Å². The summed E-state index contributed by atoms with van der Waals surface area (Å²) < 4.78 is 0.752. The summed E-state index contributed by atoms with van der Waals surface area (Å²) in [5, 5.41) is 4.91. The van der Waals surface area contributed by atoms with Gasteiger partial charge in [-0.1, -0.05) is 13.8 Å². The maximum atomic E-state index is 13.4. The Bertz CT molecular complexity index is 1160. The number of ketones is 1. The average molecular weight is 492 g/mol. The van der Waals surface area contributed by atoms with E-state index in [1.165, 1.54) is 4.68 Å². The monoisotopic (exact) mass is 491 g/mol. The standard InChI is InChI=1S/C23H27Cl2N5O3/c1-3-13-7-14-18(9-27-13)29(28-21(14)22(26)33)10-20(32)30-16-5-12(16)6-17(30)19(31)4-11(2)15-8-23(15,24)25/h7,9,11-12,15-17H,3-6,8,10H2,1-2H3,(H2,26,33)/t11-,12+,15+,16+,17-/m0/s1. The molecule has 1 aliphatic heterocycles. The predicted octanol–water partition coefficient (Wildman–Crippen LogP) is 2.87. The number of alkyl halides is 2. The number of carbonyl (C=O) groups excluding carboxylic acids is 3. The molecule has 5 rings (SSSR count). The Balaban J connectivity index is 1.35. The van der Waals surface area contributed by atoms with E-state index in [0.717, 1.165) is 12.1 Å². The third kappa shape index (κ3) is 4.01. The molecule has 2 saturated carbocycles. The smallest absolute Gasteiger partial charge is 0.269 e. The van der Waals surface area contributed by atoms with Crippen LogP contribution in [0.2, 0.25) is 0 Å². The number of amides is 2. The van der Waals surface area contributed by atoms with E-state index in [0.29, 0.717) is 42.5 Å². The summed E-state index contributed by atoms with van der Waals surface area (Å²) in [6, 6.07) is 1.46. The van der Waals surface area contributed by atoms with Crippen LogP contribution >= 0.6 is 23.2 Å². The normalized spacial score (nSPS) is 27.9. The van der Waals surface area contributed by atoms with Gasteiger partial charge in [-0.15, -0.1) is 23.2 Å². The largest absolute Gasteiger partial charge is 0.364 e. The topological polar surface area (TPSA) is 111 Å². The van der Waals surface area contributed by atoms with E-state index in [4.69, 9.17) is 28.9 Å². The van der Waals surface area contributed by atoms with Gasteiger partial charge in [0, 0.05) is 23.5 Å². The van der Waals surface area contributed by atoms with Gasteiger partial charge in [0.15, 0.2) is 11.5 Å². The summed E-state index contributed by atoms with van der Waals surface area (Å²) in [4.78, 5) is 44.6. The van der Waals surface area contributed by atoms with Gasteiger partial charge < -0.3 is 10.6 Å². The molecule has 3 heterocycles. The fourth-order valence-electron chi connectivity index (χ4n) is 5.37. The number of hydrogen-bond donors (Lipinski definition) is 1. The molecule has 0 spiro atoms. The minimum Gasteiger partial charge on any atom is -0.364 e. The summed E-state index contributed by atoms with van der Waals surface area (Å²) in [6.07, 6.45) is 5.01. The van der Waals surface area contributed by atoms with Crippen LogP contribution < -0.4 is 5.73 Å². The van der Waals surface area contributed by atoms with Crippen LogP contribution in [0.5, 0.6) is 0 Å². The first-order chi connectivity index (χ1) is 15.6. The Morgan fingerprint density at radius 1 is 1.30 bits per heavy atom. The van der Waals surface area contributed by atoms with Crippen molar-refractivity contribution in [1.82, 2.24) is 19.7 Å². The average Bonchev–Trinajstić information content (AvgIpc) is 3.57. The number of nitrogens with two attached hydrogens (primary N) is 1. The minimum atomic E-state index is -0.724. The zero-order chi connectivity index (χ0) is 23.7. The van der Waals surface area contributed by atoms with Crippen LogP contribution in [0.1, 0.15) is 55.7 Å². The van der Waals surface area contributed by atoms with Crippen LogP contribution in [0, 0.1) is 17.8 Å². The molecule has 8 nitrogen and oxygen atoms in total. The van der Waals surface area contributed by atoms with Crippen molar-refractivity contribution in [1.29, 1.82) is 0 Å². The Hall–Kier alpha value is -2.19. The Morgan fingerprint density at radius 3 is 2.67 bits per heavy atom. The third-order valence-electron chi connectivity index (χ3n) is 7.42. The molecule has 0 radical (unpaired) electrons. The highest BCUT2D eigenvalue weighted by atomic mass is 35.5. The molecule has 2 aliphatic carbocycles. The van der Waals surface area contributed by atoms with Crippen LogP contribution in [-0.2, 0) is 22.6 Å². The predicted molar refractivity (Wildman–Crippen MR) is 124 cm³/mol. The summed E-state index contributed by atoms with van der Waals surface area (Å²) in [5.41, 5.74) is 7.04. The number of fused-ring (bicyclic) bond motifs is 2. The highest BCUT2D eigenvalue weighted by Crippen LogP contribution is 2.58. The first-order valence-electron chi connectivity index (χ1n) is 11.5. The van der Waals surface area contributed by atoms with Crippen LogP contribution in [-0.4, -0.2) is 53.7 Å². The lowest BCUT2D eigenvalue weighted by Crippen LogP contribution is -2.45. The van der Waals surface area contributed by atoms with Gasteiger partial charge in [-0.05, 0) is 49.5 Å². The molecule has 5 atom stereocenters. The molecular weight excluding hydrogens is 465 g/mol. The van der Waals surface area contributed by atoms with Crippen LogP contribution in [0.15, 0.2) is 12.3 Å². The maximum Gasteiger partial charge on any atom is 0.269 e. The van der Waals surface area contributed by atoms with E-state index >= 15 is 0 Å². The fourth-order valence-corrected chi connectivity index (χ4v) is 6.13. The molecule has 3 aliphatic rings. The van der Waals surface area contributed by atoms with Gasteiger partial charge in [0.25, 0.3) is 5.91 Å². The molecule has 2 aromatic heterocycles. The summed E-state index contributed by atoms with van der Waals surface area (Å²) in [6.45, 7) is 3.89. The second-order valence-electron chi connectivity index (χ2n) is 9.75. The highest BCUT2D eigenvalue weighted by Gasteiger charge is 2.57. The number of nitrogens with zero attached hydrogens (tertiary/aromatic N) is 4. The number of piperidine rings is 1. The van der Waals surface area contributed by atoms with E-state index in [1.807, 2.05) is 13.8 Å². The lowest BCUT2D eigenvalue weighted by Gasteiger charge is -2.27. The summed E-state index contributed by atoms with van der Waals surface area (Å²) in [5.74, 6) is -0.192. The van der Waals surface area contributed by atoms with E-state index in [2.05, 4.69) is 10.1 Å². The molecule has 10 heteroatoms. The zero-order valence-electron chi connectivity index (χ0n) is 18.6. The molecule has 2 amide bonds. The quantitative estimate of drug-likeness (QED) is 0.570. The number of Topliss-reactive ketones (excluding diaryl/α,β-unsaturated/α-hetero) is 1. The van der Waals surface area contributed by atoms with Crippen molar-refractivity contribution >= 4 is 51.7 Å². The number of aryl methyl sites for hydroxylation is 1. The fraction of sp³-hybridized carbons (Fsp3) is 0.609. The van der Waals surface area contributed by atoms with Gasteiger partial charge in [0.1, 0.15) is 10.9 Å². The van der Waals surface area contributed by atoms with Gasteiger partial charge in [0.2, 0.25) is 5.91 Å². The SMILES string of the molecule is CCc1cc2c(C(N)=O)nn(CC(=O)N3[C@@H]4C[C@@H]4C[C@H]3C(=O)C[C@H](C)[C@H]3CC3(Cl)Cl)c2cn1. The van der Waals surface area contributed by atoms with Crippen molar-refractivity contribution in [2.24, 2.45) is 23.5 Å². The second kappa shape index (κ2) is 7.94. The molecule has 33 heavy (non-hydrogen) atoms. The maximum absolute atomic E-state index is 13.4. The number of carbonyl (C=O) groups is 3. The van der Waals surface area contributed by atoms with Crippen molar-refractivity contribution in [3.63, 3.8) is 0 Å². The van der Waals surface area contributed by atoms with Crippen molar-refractivity contribution in [3.8, 4) is 0 Å². The number of rotatable bonds is 8. The molecule has 0 aromatic carbocycles. The summed E-state index contributed by atoms with van der Waals surface area (Å²) >= 11 is 12.4. The van der Waals surface area contributed by atoms with Crippen molar-refractivity contribution < 1.29 is 14.4 Å². The number of primary amides is 1. The van der Waals surface area contributed by atoms with E-state index in [9.17, 15) is 14.4 Å². The van der Waals surface area contributed by atoms with Crippen LogP contribution in [0.4, 0.5) is 0 Å². The number of likely N-dealkylation sites (tertiary alicyclic amines) is 1. The van der Waals surface area contributed by atoms with Crippen LogP contribution in [0.3, 0.4) is 0 Å². The minimum absolute atomic E-state index is 0.0662. The van der Waals surface area contributed by atoms with Crippen molar-refractivity contribution in [2.45, 2.75) is 68.9 Å². The van der Waals surface area contributed by atoms with Crippen LogP contribution in [0.25, 0.3) is 10.9 Å². The first kappa shape index (κ1) is 22.6. The first-order valence-corrected chi connectivity index (χ1v) is 12.2. The van der Waals surface area contributed by atoms with Gasteiger partial charge >= 0.3 is 0 Å². The van der Waals surface area contributed by atoms with E-state index in [-0.39, 0.29) is 41.8 Å². The Kier molecular flexibility index (Phi) is 5.44. The number of aromatic nitrogens is 3. The summed E-state index contributed by atoms with van der Waals surface area (Å²) in [7, 11) is 0. The molecule has 1 saturated heterocycles. The molecule has 2 N–H and O–H groups in total. The van der Waals surface area contributed by atoms with Gasteiger partial charge in [0.05, 0.1) is 17.8 Å². The number of hydrogen-bond acceptors (Lipinski definition) is 5. The molecule has 176 valence electrons. The molecule has 0 unspecified atom stereocenters. The molecule has 3 fully saturated rings. The van der Waals surface area contributed by atoms with Gasteiger partial charge in [-0.2, -0.15) is 5.10 Å². The van der Waals surface area contributed by atoms with E-state index < -0.39 is 16.3 Å². The van der Waals surface area contributed by atoms with E-state index in [1.54, 1.807) is 17.2 Å². The Labute approximate surface area is 201 Å². The highest BCUT2D eigenvalue weighted by molar-refractivity contribution is 6.50. The Morgan fingerprint density at radius 2 is 2.03 bits per heavy atom. The van der Waals surface area contributed by atoms with Gasteiger partial charge in [-0.3, -0.25) is 24.0 Å². The number of halogens is 2. The second-order valence-corrected chi connectivity index (χ2v) is 11.3. The lowest BCUT2D eigenvalue weighted by molar-refractivity contribution is -0.139. The lowest BCUT2D eigenvalue weighted by atomic mass is 9.94. The molecular formula is C23H27Cl2N5O3. The van der Waals surface area contributed by atoms with Crippen molar-refractivity contribution in [2.75, 3.05) is 0 Å². The number of pyridine rings is 1. The molecule has 2 aromatic rings. The molecule has 0 bridgehead atoms. The zero-order valence-corrected chi connectivity index (χ0v) is 20.1.